The maximum Gasteiger partial charge on any atom is 0.136 e. The zero-order valence-corrected chi connectivity index (χ0v) is 11.0. The normalized spacial score (nSPS) is 35.9. The van der Waals surface area contributed by atoms with E-state index in [1.807, 2.05) is 0 Å². The summed E-state index contributed by atoms with van der Waals surface area (Å²) in [5.74, 6) is 1.54. The summed E-state index contributed by atoms with van der Waals surface area (Å²) in [4.78, 5) is 14.5. The van der Waals surface area contributed by atoms with Crippen molar-refractivity contribution in [3.8, 4) is 0 Å². The summed E-state index contributed by atoms with van der Waals surface area (Å²) in [6.45, 7) is 2.33. The first-order valence-corrected chi connectivity index (χ1v) is 7.57. The summed E-state index contributed by atoms with van der Waals surface area (Å²) in [5, 5.41) is 0. The lowest BCUT2D eigenvalue weighted by atomic mass is 9.81. The molecule has 3 atom stereocenters. The van der Waals surface area contributed by atoms with Crippen LogP contribution in [0.1, 0.15) is 64.7 Å². The van der Waals surface area contributed by atoms with Gasteiger partial charge >= 0.3 is 0 Å². The molecule has 2 nitrogen and oxygen atoms in total. The molecule has 3 unspecified atom stereocenters. The number of nitrogens with zero attached hydrogens (tertiary/aromatic N) is 1. The fourth-order valence-corrected chi connectivity index (χ4v) is 4.04. The standard InChI is InChI=1S/C15H25NO/c1-2-12(8-11-6-7-11)16-13-4-3-5-14(16)10-15(17)9-13/h11-14H,2-10H2,1H3. The van der Waals surface area contributed by atoms with Crippen LogP contribution in [0.15, 0.2) is 0 Å². The molecule has 17 heavy (non-hydrogen) atoms. The lowest BCUT2D eigenvalue weighted by molar-refractivity contribution is -0.129. The molecule has 3 rings (SSSR count). The molecule has 0 N–H and O–H groups in total. The highest BCUT2D eigenvalue weighted by molar-refractivity contribution is 5.80. The van der Waals surface area contributed by atoms with Gasteiger partial charge < -0.3 is 0 Å². The Balaban J connectivity index is 1.72. The Hall–Kier alpha value is -0.370. The molecule has 1 aliphatic carbocycles. The van der Waals surface area contributed by atoms with Crippen molar-refractivity contribution >= 4 is 5.78 Å². The van der Waals surface area contributed by atoms with E-state index in [1.54, 1.807) is 0 Å². The van der Waals surface area contributed by atoms with Crippen molar-refractivity contribution in [2.45, 2.75) is 82.8 Å². The van der Waals surface area contributed by atoms with E-state index < -0.39 is 0 Å². The number of rotatable bonds is 4. The molecule has 2 saturated heterocycles. The molecule has 2 bridgehead atoms. The first-order valence-electron chi connectivity index (χ1n) is 7.57. The largest absolute Gasteiger partial charge is 0.300 e. The van der Waals surface area contributed by atoms with Gasteiger partial charge in [0.15, 0.2) is 0 Å². The van der Waals surface area contributed by atoms with Gasteiger partial charge in [-0.15, -0.1) is 0 Å². The van der Waals surface area contributed by atoms with Crippen LogP contribution < -0.4 is 0 Å². The molecule has 3 fully saturated rings. The summed E-state index contributed by atoms with van der Waals surface area (Å²) in [5.41, 5.74) is 0. The molecule has 2 heteroatoms. The molecule has 2 aliphatic heterocycles. The van der Waals surface area contributed by atoms with Crippen LogP contribution in [0.4, 0.5) is 0 Å². The number of carbonyl (C=O) groups excluding carboxylic acids is 1. The van der Waals surface area contributed by atoms with Crippen LogP contribution in [0, 0.1) is 5.92 Å². The number of piperidine rings is 2. The van der Waals surface area contributed by atoms with Crippen molar-refractivity contribution in [3.63, 3.8) is 0 Å². The van der Waals surface area contributed by atoms with Crippen LogP contribution in [-0.4, -0.2) is 28.8 Å². The molecular formula is C15H25NO. The molecular weight excluding hydrogens is 210 g/mol. The Morgan fingerprint density at radius 2 is 1.82 bits per heavy atom. The zero-order valence-electron chi connectivity index (χ0n) is 11.0. The number of hydrogen-bond acceptors (Lipinski definition) is 2. The minimum atomic E-state index is 0.525. The molecule has 2 heterocycles. The smallest absolute Gasteiger partial charge is 0.136 e. The van der Waals surface area contributed by atoms with Crippen LogP contribution in [-0.2, 0) is 4.79 Å². The number of fused-ring (bicyclic) bond motifs is 2. The Labute approximate surface area is 105 Å². The highest BCUT2D eigenvalue weighted by atomic mass is 16.1. The highest BCUT2D eigenvalue weighted by Crippen LogP contribution is 2.40. The van der Waals surface area contributed by atoms with Gasteiger partial charge in [-0.1, -0.05) is 26.2 Å². The van der Waals surface area contributed by atoms with Gasteiger partial charge in [0.2, 0.25) is 0 Å². The molecule has 1 saturated carbocycles. The monoisotopic (exact) mass is 235 g/mol. The first-order chi connectivity index (χ1) is 8.28. The summed E-state index contributed by atoms with van der Waals surface area (Å²) < 4.78 is 0. The zero-order chi connectivity index (χ0) is 11.8. The van der Waals surface area contributed by atoms with E-state index >= 15 is 0 Å². The van der Waals surface area contributed by atoms with Crippen LogP contribution in [0.25, 0.3) is 0 Å². The second kappa shape index (κ2) is 4.72. The van der Waals surface area contributed by atoms with Crippen LogP contribution >= 0.6 is 0 Å². The number of Topliss-reactive ketones (excluding diaryl/α,β-unsaturated/α-hetero) is 1. The van der Waals surface area contributed by atoms with E-state index in [9.17, 15) is 4.79 Å². The van der Waals surface area contributed by atoms with Gasteiger partial charge in [0.25, 0.3) is 0 Å². The Morgan fingerprint density at radius 1 is 1.18 bits per heavy atom. The van der Waals surface area contributed by atoms with Gasteiger partial charge in [-0.3, -0.25) is 9.69 Å². The number of hydrogen-bond donors (Lipinski definition) is 0. The second-order valence-corrected chi connectivity index (χ2v) is 6.37. The second-order valence-electron chi connectivity index (χ2n) is 6.37. The fraction of sp³-hybridized carbons (Fsp3) is 0.933. The third-order valence-corrected chi connectivity index (χ3v) is 5.04. The Kier molecular flexibility index (Phi) is 3.25. The SMILES string of the molecule is CCC(CC1CC1)N1C2CCCC1CC(=O)C2. The van der Waals surface area contributed by atoms with Crippen LogP contribution in [0.2, 0.25) is 0 Å². The van der Waals surface area contributed by atoms with E-state index in [-0.39, 0.29) is 0 Å². The minimum absolute atomic E-state index is 0.525. The predicted octanol–water partition coefficient (Wildman–Crippen LogP) is 3.15. The highest BCUT2D eigenvalue weighted by Gasteiger charge is 2.41. The number of carbonyl (C=O) groups is 1. The molecule has 0 aromatic heterocycles. The fourth-order valence-electron chi connectivity index (χ4n) is 4.04. The average Bonchev–Trinajstić information content (AvgIpc) is 3.09. The molecule has 0 amide bonds. The predicted molar refractivity (Wildman–Crippen MR) is 68.9 cm³/mol. The van der Waals surface area contributed by atoms with E-state index in [1.165, 1.54) is 44.9 Å². The van der Waals surface area contributed by atoms with Crippen molar-refractivity contribution in [2.24, 2.45) is 5.92 Å². The van der Waals surface area contributed by atoms with Crippen molar-refractivity contribution in [1.82, 2.24) is 4.90 Å². The Morgan fingerprint density at radius 3 is 2.35 bits per heavy atom. The van der Waals surface area contributed by atoms with E-state index in [2.05, 4.69) is 11.8 Å². The molecule has 0 radical (unpaired) electrons. The molecule has 3 aliphatic rings. The van der Waals surface area contributed by atoms with Gasteiger partial charge in [-0.25, -0.2) is 0 Å². The average molecular weight is 235 g/mol. The maximum atomic E-state index is 11.7. The van der Waals surface area contributed by atoms with Gasteiger partial charge in [0.05, 0.1) is 0 Å². The third kappa shape index (κ3) is 2.42. The van der Waals surface area contributed by atoms with Crippen molar-refractivity contribution in [2.75, 3.05) is 0 Å². The van der Waals surface area contributed by atoms with Gasteiger partial charge in [-0.2, -0.15) is 0 Å². The van der Waals surface area contributed by atoms with Crippen LogP contribution in [0.3, 0.4) is 0 Å². The topological polar surface area (TPSA) is 20.3 Å². The molecule has 0 aromatic rings. The first kappa shape index (κ1) is 11.7. The summed E-state index contributed by atoms with van der Waals surface area (Å²) in [6, 6.07) is 1.96. The van der Waals surface area contributed by atoms with Crippen molar-refractivity contribution in [3.05, 3.63) is 0 Å². The Bertz CT molecular complexity index is 281. The third-order valence-electron chi connectivity index (χ3n) is 5.04. The van der Waals surface area contributed by atoms with Crippen LogP contribution in [0.5, 0.6) is 0 Å². The summed E-state index contributed by atoms with van der Waals surface area (Å²) in [7, 11) is 0. The van der Waals surface area contributed by atoms with Gasteiger partial charge in [0.1, 0.15) is 5.78 Å². The van der Waals surface area contributed by atoms with Crippen molar-refractivity contribution < 1.29 is 4.79 Å². The van der Waals surface area contributed by atoms with Crippen molar-refractivity contribution in [1.29, 1.82) is 0 Å². The quantitative estimate of drug-likeness (QED) is 0.746. The molecule has 0 spiro atoms. The maximum absolute atomic E-state index is 11.7. The number of ketones is 1. The van der Waals surface area contributed by atoms with E-state index in [0.717, 1.165) is 24.8 Å². The summed E-state index contributed by atoms with van der Waals surface area (Å²) >= 11 is 0. The van der Waals surface area contributed by atoms with E-state index in [0.29, 0.717) is 17.9 Å². The lowest BCUT2D eigenvalue weighted by Gasteiger charge is -2.49. The van der Waals surface area contributed by atoms with Gasteiger partial charge in [0, 0.05) is 31.0 Å². The minimum Gasteiger partial charge on any atom is -0.300 e. The van der Waals surface area contributed by atoms with Gasteiger partial charge in [-0.05, 0) is 31.6 Å². The van der Waals surface area contributed by atoms with E-state index in [4.69, 9.17) is 0 Å². The molecule has 96 valence electrons. The molecule has 0 aromatic carbocycles. The summed E-state index contributed by atoms with van der Waals surface area (Å²) in [6.07, 6.45) is 11.2. The lowest BCUT2D eigenvalue weighted by Crippen LogP contribution is -2.56.